The van der Waals surface area contributed by atoms with Crippen LogP contribution in [0, 0.1) is 0 Å². The van der Waals surface area contributed by atoms with Crippen LogP contribution in [0.15, 0.2) is 30.5 Å². The Labute approximate surface area is 89.1 Å². The lowest BCUT2D eigenvalue weighted by Gasteiger charge is -2.37. The van der Waals surface area contributed by atoms with Gasteiger partial charge in [-0.1, -0.05) is 0 Å². The second-order valence-electron chi connectivity index (χ2n) is 4.42. The molecule has 1 aromatic carbocycles. The Kier molecular flexibility index (Phi) is 1.76. The van der Waals surface area contributed by atoms with Gasteiger partial charge in [-0.25, -0.2) is 0 Å². The van der Waals surface area contributed by atoms with Crippen LogP contribution in [0.25, 0.3) is 10.9 Å². The van der Waals surface area contributed by atoms with Crippen LogP contribution in [0.5, 0.6) is 0 Å². The molecule has 2 heterocycles. The van der Waals surface area contributed by atoms with Gasteiger partial charge in [-0.15, -0.1) is 0 Å². The van der Waals surface area contributed by atoms with Crippen LogP contribution in [-0.4, -0.2) is 29.6 Å². The Hall–Kier alpha value is -1.48. The van der Waals surface area contributed by atoms with Crippen LogP contribution in [-0.2, 0) is 0 Å². The van der Waals surface area contributed by atoms with E-state index in [1.165, 1.54) is 10.9 Å². The Balaban J connectivity index is 2.05. The second kappa shape index (κ2) is 3.00. The first-order valence-electron chi connectivity index (χ1n) is 5.28. The highest BCUT2D eigenvalue weighted by molar-refractivity contribution is 5.83. The summed E-state index contributed by atoms with van der Waals surface area (Å²) in [5.74, 6) is 0. The van der Waals surface area contributed by atoms with E-state index in [9.17, 15) is 0 Å². The molecule has 3 rings (SSSR count). The zero-order valence-electron chi connectivity index (χ0n) is 8.85. The fourth-order valence-corrected chi connectivity index (χ4v) is 2.34. The summed E-state index contributed by atoms with van der Waals surface area (Å²) in [6.07, 6.45) is 2.17. The number of aromatic nitrogens is 1. The van der Waals surface area contributed by atoms with Gasteiger partial charge >= 0.3 is 0 Å². The molecule has 0 atom stereocenters. The monoisotopic (exact) mass is 201 g/mol. The van der Waals surface area contributed by atoms with Crippen LogP contribution in [0.1, 0.15) is 6.04 Å². The normalized spacial score (nSPS) is 18.2. The summed E-state index contributed by atoms with van der Waals surface area (Å²) >= 11 is 0. The summed E-state index contributed by atoms with van der Waals surface area (Å²) in [6.45, 7) is 2.29. The molecule has 1 fully saturated rings. The van der Waals surface area contributed by atoms with Crippen molar-refractivity contribution in [1.82, 2.24) is 9.47 Å². The lowest BCUT2D eigenvalue weighted by atomic mass is 10.1. The average Bonchev–Trinajstić information content (AvgIpc) is 2.55. The maximum atomic E-state index is 5.76. The summed E-state index contributed by atoms with van der Waals surface area (Å²) in [6, 6.07) is 8.90. The van der Waals surface area contributed by atoms with Gasteiger partial charge in [-0.2, -0.15) is 0 Å². The zero-order chi connectivity index (χ0) is 10.4. The van der Waals surface area contributed by atoms with Crippen molar-refractivity contribution in [2.75, 3.05) is 25.9 Å². The molecule has 0 amide bonds. The molecule has 1 aliphatic rings. The van der Waals surface area contributed by atoms with Crippen LogP contribution in [0.4, 0.5) is 5.69 Å². The fourth-order valence-electron chi connectivity index (χ4n) is 2.34. The summed E-state index contributed by atoms with van der Waals surface area (Å²) in [5.41, 5.74) is 7.89. The molecule has 0 unspecified atom stereocenters. The minimum Gasteiger partial charge on any atom is -0.399 e. The average molecular weight is 201 g/mol. The van der Waals surface area contributed by atoms with Crippen LogP contribution in [0.2, 0.25) is 0 Å². The van der Waals surface area contributed by atoms with Gasteiger partial charge < -0.3 is 15.2 Å². The first-order valence-corrected chi connectivity index (χ1v) is 5.28. The van der Waals surface area contributed by atoms with Gasteiger partial charge in [0.25, 0.3) is 0 Å². The Bertz CT molecular complexity index is 495. The largest absolute Gasteiger partial charge is 0.399 e. The van der Waals surface area contributed by atoms with Gasteiger partial charge in [0.05, 0.1) is 6.04 Å². The molecule has 1 aromatic heterocycles. The molecule has 0 saturated carbocycles. The second-order valence-corrected chi connectivity index (χ2v) is 4.42. The highest BCUT2D eigenvalue weighted by Crippen LogP contribution is 2.26. The number of hydrogen-bond acceptors (Lipinski definition) is 2. The molecule has 2 aromatic rings. The minimum absolute atomic E-state index is 0.635. The van der Waals surface area contributed by atoms with Crippen molar-refractivity contribution in [3.63, 3.8) is 0 Å². The molecule has 0 bridgehead atoms. The lowest BCUT2D eigenvalue weighted by Crippen LogP contribution is -2.44. The Morgan fingerprint density at radius 1 is 1.27 bits per heavy atom. The summed E-state index contributed by atoms with van der Waals surface area (Å²) in [5, 5.41) is 1.24. The smallest absolute Gasteiger partial charge is 0.0590 e. The van der Waals surface area contributed by atoms with Crippen LogP contribution >= 0.6 is 0 Å². The SMILES string of the molecule is CN1CC(n2ccc3cc(N)ccc32)C1. The molecule has 78 valence electrons. The van der Waals surface area contributed by atoms with Crippen molar-refractivity contribution < 1.29 is 0 Å². The number of fused-ring (bicyclic) bond motifs is 1. The van der Waals surface area contributed by atoms with Gasteiger partial charge in [0.2, 0.25) is 0 Å². The molecule has 1 aliphatic heterocycles. The summed E-state index contributed by atoms with van der Waals surface area (Å²) < 4.78 is 2.36. The molecule has 15 heavy (non-hydrogen) atoms. The molecule has 2 N–H and O–H groups in total. The van der Waals surface area contributed by atoms with Gasteiger partial charge in [0.1, 0.15) is 0 Å². The number of anilines is 1. The maximum absolute atomic E-state index is 5.76. The van der Waals surface area contributed by atoms with Gasteiger partial charge in [0.15, 0.2) is 0 Å². The third kappa shape index (κ3) is 1.31. The Morgan fingerprint density at radius 2 is 2.07 bits per heavy atom. The van der Waals surface area contributed by atoms with E-state index < -0.39 is 0 Å². The van der Waals surface area contributed by atoms with E-state index >= 15 is 0 Å². The lowest BCUT2D eigenvalue weighted by molar-refractivity contribution is 0.144. The molecule has 0 radical (unpaired) electrons. The standard InChI is InChI=1S/C12H15N3/c1-14-7-11(8-14)15-5-4-9-6-10(13)2-3-12(9)15/h2-6,11H,7-8,13H2,1H3. The quantitative estimate of drug-likeness (QED) is 0.713. The molecular weight excluding hydrogens is 186 g/mol. The van der Waals surface area contributed by atoms with E-state index in [1.54, 1.807) is 0 Å². The maximum Gasteiger partial charge on any atom is 0.0590 e. The fraction of sp³-hybridized carbons (Fsp3) is 0.333. The zero-order valence-corrected chi connectivity index (χ0v) is 8.85. The predicted octanol–water partition coefficient (Wildman–Crippen LogP) is 1.71. The predicted molar refractivity (Wildman–Crippen MR) is 62.9 cm³/mol. The van der Waals surface area contributed by atoms with Gasteiger partial charge in [-0.3, -0.25) is 0 Å². The number of benzene rings is 1. The van der Waals surface area contributed by atoms with Crippen molar-refractivity contribution in [2.45, 2.75) is 6.04 Å². The van der Waals surface area contributed by atoms with E-state index in [-0.39, 0.29) is 0 Å². The molecule has 0 aliphatic carbocycles. The number of hydrogen-bond donors (Lipinski definition) is 1. The number of rotatable bonds is 1. The van der Waals surface area contributed by atoms with Crippen molar-refractivity contribution in [3.8, 4) is 0 Å². The van der Waals surface area contributed by atoms with Gasteiger partial charge in [0, 0.05) is 35.9 Å². The molecule has 0 spiro atoms. The highest BCUT2D eigenvalue weighted by atomic mass is 15.2. The first kappa shape index (κ1) is 8.80. The number of nitrogen functional groups attached to an aromatic ring is 1. The van der Waals surface area contributed by atoms with E-state index in [0.29, 0.717) is 6.04 Å². The number of nitrogens with two attached hydrogens (primary N) is 1. The van der Waals surface area contributed by atoms with Crippen molar-refractivity contribution in [1.29, 1.82) is 0 Å². The van der Waals surface area contributed by atoms with E-state index in [2.05, 4.69) is 34.8 Å². The van der Waals surface area contributed by atoms with E-state index in [4.69, 9.17) is 5.73 Å². The molecule has 1 saturated heterocycles. The summed E-state index contributed by atoms with van der Waals surface area (Å²) in [7, 11) is 2.15. The Morgan fingerprint density at radius 3 is 2.80 bits per heavy atom. The molecular formula is C12H15N3. The van der Waals surface area contributed by atoms with Crippen LogP contribution in [0.3, 0.4) is 0 Å². The van der Waals surface area contributed by atoms with Crippen molar-refractivity contribution >= 4 is 16.6 Å². The number of nitrogens with zero attached hydrogens (tertiary/aromatic N) is 2. The van der Waals surface area contributed by atoms with Crippen LogP contribution < -0.4 is 5.73 Å². The van der Waals surface area contributed by atoms with E-state index in [0.717, 1.165) is 18.8 Å². The van der Waals surface area contributed by atoms with E-state index in [1.807, 2.05) is 12.1 Å². The third-order valence-electron chi connectivity index (χ3n) is 3.18. The molecule has 3 heteroatoms. The minimum atomic E-state index is 0.635. The van der Waals surface area contributed by atoms with Crippen molar-refractivity contribution in [3.05, 3.63) is 30.5 Å². The molecule has 3 nitrogen and oxygen atoms in total. The number of likely N-dealkylation sites (N-methyl/N-ethyl adjacent to an activating group) is 1. The first-order chi connectivity index (χ1) is 7.24. The van der Waals surface area contributed by atoms with Crippen molar-refractivity contribution in [2.24, 2.45) is 0 Å². The third-order valence-corrected chi connectivity index (χ3v) is 3.18. The topological polar surface area (TPSA) is 34.2 Å². The highest BCUT2D eigenvalue weighted by Gasteiger charge is 2.25. The summed E-state index contributed by atoms with van der Waals surface area (Å²) in [4.78, 5) is 2.33. The van der Waals surface area contributed by atoms with Gasteiger partial charge in [-0.05, 0) is 31.3 Å². The number of likely N-dealkylation sites (tertiary alicyclic amines) is 1.